The number of sulfonamides is 2. The molecule has 202 valence electrons. The van der Waals surface area contributed by atoms with Gasteiger partial charge in [0.15, 0.2) is 11.7 Å². The summed E-state index contributed by atoms with van der Waals surface area (Å²) in [5, 5.41) is 2.80. The highest BCUT2D eigenvalue weighted by Crippen LogP contribution is 2.37. The number of ketones is 1. The predicted molar refractivity (Wildman–Crippen MR) is 142 cm³/mol. The van der Waals surface area contributed by atoms with Gasteiger partial charge in [-0.15, -0.1) is 4.40 Å². The fraction of sp³-hybridized carbons (Fsp3) is 0.192. The lowest BCUT2D eigenvalue weighted by atomic mass is 9.86. The van der Waals surface area contributed by atoms with Gasteiger partial charge in [0.05, 0.1) is 18.0 Å². The average Bonchev–Trinajstić information content (AvgIpc) is 2.86. The Morgan fingerprint density at radius 3 is 2.41 bits per heavy atom. The summed E-state index contributed by atoms with van der Waals surface area (Å²) in [4.78, 5) is 28.4. The Bertz CT molecular complexity index is 1710. The second kappa shape index (κ2) is 9.89. The van der Waals surface area contributed by atoms with Crippen molar-refractivity contribution in [3.8, 4) is 0 Å². The number of fused-ring (bicyclic) bond motifs is 1. The van der Waals surface area contributed by atoms with E-state index in [1.807, 2.05) is 6.07 Å². The van der Waals surface area contributed by atoms with Crippen LogP contribution in [0.3, 0.4) is 0 Å². The number of anilines is 2. The summed E-state index contributed by atoms with van der Waals surface area (Å²) in [6.45, 7) is 0.0552. The summed E-state index contributed by atoms with van der Waals surface area (Å²) in [6.07, 6.45) is 0.836. The van der Waals surface area contributed by atoms with E-state index in [0.29, 0.717) is 5.56 Å². The minimum atomic E-state index is -4.39. The maximum atomic E-state index is 13.9. The van der Waals surface area contributed by atoms with Crippen molar-refractivity contribution in [3.05, 3.63) is 89.7 Å². The first-order valence-electron chi connectivity index (χ1n) is 11.8. The van der Waals surface area contributed by atoms with Crippen LogP contribution in [0.25, 0.3) is 0 Å². The van der Waals surface area contributed by atoms with Gasteiger partial charge >= 0.3 is 0 Å². The van der Waals surface area contributed by atoms with E-state index in [0.717, 1.165) is 17.9 Å². The molecule has 1 saturated heterocycles. The maximum absolute atomic E-state index is 13.9. The number of amidine groups is 1. The van der Waals surface area contributed by atoms with Gasteiger partial charge in [0, 0.05) is 18.7 Å². The molecule has 2 N–H and O–H groups in total. The third-order valence-corrected chi connectivity index (χ3v) is 8.33. The summed E-state index contributed by atoms with van der Waals surface area (Å²) in [5.41, 5.74) is 1.42. The molecule has 0 aromatic heterocycles. The quantitative estimate of drug-likeness (QED) is 0.434. The summed E-state index contributed by atoms with van der Waals surface area (Å²) < 4.78 is 68.7. The van der Waals surface area contributed by atoms with Crippen LogP contribution in [-0.4, -0.2) is 45.5 Å². The first-order chi connectivity index (χ1) is 18.4. The number of hydrogen-bond acceptors (Lipinski definition) is 7. The predicted octanol–water partition coefficient (Wildman–Crippen LogP) is 3.07. The normalized spacial score (nSPS) is 20.6. The molecular formula is C26H23FN4O6S2. The molecule has 3 aromatic rings. The number of benzene rings is 3. The molecule has 5 rings (SSSR count). The lowest BCUT2D eigenvalue weighted by Crippen LogP contribution is -2.52. The number of carbonyl (C=O) groups excluding carboxylic acids is 2. The number of Topliss-reactive ketones (excluding diaryl/α,β-unsaturated/α-hetero) is 1. The standard InChI is InChI=1S/C26H23FN4O6S2/c1-38(34,35)29-19-11-12-20-23(13-19)39(36,37)30-25(28-20)24-22(32)14-21(17-5-3-2-4-6-17)31(26(24)33)15-16-7-9-18(27)10-8-16/h2-13,21,24,29H,14-15H2,1H3,(H,28,30). The van der Waals surface area contributed by atoms with Gasteiger partial charge in [-0.05, 0) is 41.5 Å². The van der Waals surface area contributed by atoms with E-state index in [1.54, 1.807) is 24.3 Å². The zero-order valence-corrected chi connectivity index (χ0v) is 22.2. The van der Waals surface area contributed by atoms with E-state index in [1.165, 1.54) is 41.3 Å². The molecule has 0 bridgehead atoms. The van der Waals surface area contributed by atoms with Crippen molar-refractivity contribution in [3.63, 3.8) is 0 Å². The summed E-state index contributed by atoms with van der Waals surface area (Å²) in [5.74, 6) is -3.44. The highest BCUT2D eigenvalue weighted by molar-refractivity contribution is 7.92. The first kappa shape index (κ1) is 26.5. The van der Waals surface area contributed by atoms with Crippen LogP contribution in [0.15, 0.2) is 82.1 Å². The Morgan fingerprint density at radius 2 is 1.74 bits per heavy atom. The molecule has 2 aliphatic rings. The van der Waals surface area contributed by atoms with E-state index in [2.05, 4.69) is 14.4 Å². The van der Waals surface area contributed by atoms with Crippen LogP contribution in [-0.2, 0) is 36.2 Å². The molecular weight excluding hydrogens is 547 g/mol. The summed E-state index contributed by atoms with van der Waals surface area (Å²) in [6, 6.07) is 17.8. The Labute approximate surface area is 224 Å². The van der Waals surface area contributed by atoms with Crippen molar-refractivity contribution in [2.24, 2.45) is 10.3 Å². The molecule has 3 aromatic carbocycles. The van der Waals surface area contributed by atoms with Crippen molar-refractivity contribution >= 4 is 48.9 Å². The number of amides is 1. The van der Waals surface area contributed by atoms with E-state index in [-0.39, 0.29) is 35.1 Å². The SMILES string of the molecule is CS(=O)(=O)Nc1ccc2c(c1)S(=O)(=O)N=C(C1C(=O)CC(c3ccccc3)N(Cc3ccc(F)cc3)C1=O)N2. The number of rotatable bonds is 6. The zero-order chi connectivity index (χ0) is 27.9. The van der Waals surface area contributed by atoms with Gasteiger partial charge in [0.2, 0.25) is 15.9 Å². The van der Waals surface area contributed by atoms with Crippen LogP contribution in [0.4, 0.5) is 15.8 Å². The van der Waals surface area contributed by atoms with Gasteiger partial charge in [-0.1, -0.05) is 42.5 Å². The van der Waals surface area contributed by atoms with E-state index in [4.69, 9.17) is 0 Å². The third-order valence-electron chi connectivity index (χ3n) is 6.39. The highest BCUT2D eigenvalue weighted by atomic mass is 32.2. The molecule has 2 aliphatic heterocycles. The van der Waals surface area contributed by atoms with Gasteiger partial charge in [0.1, 0.15) is 16.5 Å². The van der Waals surface area contributed by atoms with Gasteiger partial charge < -0.3 is 10.2 Å². The molecule has 0 spiro atoms. The molecule has 39 heavy (non-hydrogen) atoms. The third kappa shape index (κ3) is 5.54. The molecule has 2 heterocycles. The van der Waals surface area contributed by atoms with Crippen molar-refractivity contribution in [2.75, 3.05) is 16.3 Å². The van der Waals surface area contributed by atoms with Crippen molar-refractivity contribution in [1.29, 1.82) is 0 Å². The minimum absolute atomic E-state index is 0.0151. The van der Waals surface area contributed by atoms with Gasteiger partial charge in [-0.3, -0.25) is 14.3 Å². The molecule has 1 amide bonds. The molecule has 2 unspecified atom stereocenters. The van der Waals surface area contributed by atoms with Crippen LogP contribution >= 0.6 is 0 Å². The van der Waals surface area contributed by atoms with Crippen LogP contribution in [0.2, 0.25) is 0 Å². The maximum Gasteiger partial charge on any atom is 0.286 e. The Hall–Kier alpha value is -4.10. The molecule has 0 radical (unpaired) electrons. The molecule has 0 saturated carbocycles. The number of carbonyl (C=O) groups is 2. The summed E-state index contributed by atoms with van der Waals surface area (Å²) in [7, 11) is -8.05. The minimum Gasteiger partial charge on any atom is -0.341 e. The van der Waals surface area contributed by atoms with Crippen molar-refractivity contribution < 1.29 is 30.8 Å². The lowest BCUT2D eigenvalue weighted by molar-refractivity contribution is -0.147. The second-order valence-corrected chi connectivity index (χ2v) is 12.6. The van der Waals surface area contributed by atoms with Gasteiger partial charge in [-0.25, -0.2) is 12.8 Å². The Morgan fingerprint density at radius 1 is 1.05 bits per heavy atom. The number of nitrogens with one attached hydrogen (secondary N) is 2. The van der Waals surface area contributed by atoms with E-state index in [9.17, 15) is 30.8 Å². The van der Waals surface area contributed by atoms with Gasteiger partial charge in [-0.2, -0.15) is 8.42 Å². The Kier molecular flexibility index (Phi) is 6.72. The molecule has 10 nitrogen and oxygen atoms in total. The van der Waals surface area contributed by atoms with Gasteiger partial charge in [0.25, 0.3) is 10.0 Å². The fourth-order valence-corrected chi connectivity index (χ4v) is 6.41. The molecule has 13 heteroatoms. The van der Waals surface area contributed by atoms with Crippen LogP contribution in [0.5, 0.6) is 0 Å². The van der Waals surface area contributed by atoms with Crippen molar-refractivity contribution in [1.82, 2.24) is 4.90 Å². The van der Waals surface area contributed by atoms with E-state index >= 15 is 0 Å². The number of likely N-dealkylation sites (tertiary alicyclic amines) is 1. The number of nitrogens with zero attached hydrogens (tertiary/aromatic N) is 2. The van der Waals surface area contributed by atoms with Crippen molar-refractivity contribution in [2.45, 2.75) is 23.9 Å². The Balaban J connectivity index is 1.51. The monoisotopic (exact) mass is 570 g/mol. The van der Waals surface area contributed by atoms with Crippen LogP contribution in [0.1, 0.15) is 23.6 Å². The highest BCUT2D eigenvalue weighted by Gasteiger charge is 2.46. The molecule has 1 fully saturated rings. The second-order valence-electron chi connectivity index (χ2n) is 9.28. The topological polar surface area (TPSA) is 142 Å². The van der Waals surface area contributed by atoms with Crippen LogP contribution in [0, 0.1) is 11.7 Å². The summed E-state index contributed by atoms with van der Waals surface area (Å²) >= 11 is 0. The van der Waals surface area contributed by atoms with Crippen LogP contribution < -0.4 is 10.0 Å². The first-order valence-corrected chi connectivity index (χ1v) is 15.1. The largest absolute Gasteiger partial charge is 0.341 e. The average molecular weight is 571 g/mol. The number of hydrogen-bond donors (Lipinski definition) is 2. The smallest absolute Gasteiger partial charge is 0.286 e. The van der Waals surface area contributed by atoms with E-state index < -0.39 is 49.5 Å². The number of halogens is 1. The number of piperidine rings is 1. The zero-order valence-electron chi connectivity index (χ0n) is 20.5. The molecule has 2 atom stereocenters. The molecule has 0 aliphatic carbocycles. The lowest BCUT2D eigenvalue weighted by Gasteiger charge is -2.39. The fourth-order valence-electron chi connectivity index (χ4n) is 4.67.